The van der Waals surface area contributed by atoms with Gasteiger partial charge in [-0.25, -0.2) is 0 Å². The standard InChI is InChI=1S/C13H11IS/c1-10-7-8-12(9-13(10)14)15-11-5-3-2-4-6-11/h2-9H,1H3. The Balaban J connectivity index is 2.22. The Morgan fingerprint density at radius 1 is 0.933 bits per heavy atom. The molecule has 2 aromatic rings. The average molecular weight is 326 g/mol. The van der Waals surface area contributed by atoms with Gasteiger partial charge in [-0.15, -0.1) is 0 Å². The minimum atomic E-state index is 1.29. The van der Waals surface area contributed by atoms with Gasteiger partial charge in [0.15, 0.2) is 0 Å². The Morgan fingerprint density at radius 2 is 1.67 bits per heavy atom. The molecule has 0 amide bonds. The minimum Gasteiger partial charge on any atom is -0.0901 e. The Hall–Kier alpha value is -0.480. The monoisotopic (exact) mass is 326 g/mol. The van der Waals surface area contributed by atoms with E-state index >= 15 is 0 Å². The van der Waals surface area contributed by atoms with Gasteiger partial charge in [-0.2, -0.15) is 0 Å². The highest BCUT2D eigenvalue weighted by Crippen LogP contribution is 2.29. The van der Waals surface area contributed by atoms with Gasteiger partial charge in [-0.05, 0) is 59.3 Å². The summed E-state index contributed by atoms with van der Waals surface area (Å²) in [5.41, 5.74) is 1.34. The third-order valence-electron chi connectivity index (χ3n) is 2.12. The highest BCUT2D eigenvalue weighted by Gasteiger charge is 1.99. The maximum Gasteiger partial charge on any atom is 0.0170 e. The Labute approximate surface area is 108 Å². The van der Waals surface area contributed by atoms with E-state index in [2.05, 4.69) is 72.0 Å². The quantitative estimate of drug-likeness (QED) is 0.718. The number of aryl methyl sites for hydroxylation is 1. The second-order valence-corrected chi connectivity index (χ2v) is 5.64. The first-order valence-corrected chi connectivity index (χ1v) is 6.64. The zero-order chi connectivity index (χ0) is 10.7. The fourth-order valence-corrected chi connectivity index (χ4v) is 2.87. The van der Waals surface area contributed by atoms with Crippen LogP contribution in [0.2, 0.25) is 0 Å². The van der Waals surface area contributed by atoms with E-state index < -0.39 is 0 Å². The third-order valence-corrected chi connectivity index (χ3v) is 4.28. The van der Waals surface area contributed by atoms with Crippen molar-refractivity contribution in [1.82, 2.24) is 0 Å². The first-order valence-electron chi connectivity index (χ1n) is 4.75. The highest BCUT2D eigenvalue weighted by atomic mass is 127. The molecule has 2 aromatic carbocycles. The van der Waals surface area contributed by atoms with Crippen LogP contribution in [0.5, 0.6) is 0 Å². The molecule has 0 aliphatic rings. The fourth-order valence-electron chi connectivity index (χ4n) is 1.26. The van der Waals surface area contributed by atoms with E-state index in [1.165, 1.54) is 18.9 Å². The van der Waals surface area contributed by atoms with Gasteiger partial charge in [-0.1, -0.05) is 36.0 Å². The predicted octanol–water partition coefficient (Wildman–Crippen LogP) is 4.75. The molecule has 0 aliphatic heterocycles. The summed E-state index contributed by atoms with van der Waals surface area (Å²) in [5, 5.41) is 0. The van der Waals surface area contributed by atoms with Gasteiger partial charge in [0, 0.05) is 13.4 Å². The first-order chi connectivity index (χ1) is 7.25. The molecule has 0 atom stereocenters. The fraction of sp³-hybridized carbons (Fsp3) is 0.0769. The lowest BCUT2D eigenvalue weighted by Gasteiger charge is -2.03. The summed E-state index contributed by atoms with van der Waals surface area (Å²) < 4.78 is 1.33. The molecule has 0 radical (unpaired) electrons. The Kier molecular flexibility index (Phi) is 3.70. The van der Waals surface area contributed by atoms with E-state index in [1.54, 1.807) is 11.8 Å². The molecule has 0 aliphatic carbocycles. The molecular formula is C13H11IS. The number of benzene rings is 2. The Bertz CT molecular complexity index is 451. The SMILES string of the molecule is Cc1ccc(Sc2ccccc2)cc1I. The van der Waals surface area contributed by atoms with Crippen molar-refractivity contribution in [3.05, 3.63) is 57.7 Å². The van der Waals surface area contributed by atoms with Crippen LogP contribution in [-0.2, 0) is 0 Å². The zero-order valence-electron chi connectivity index (χ0n) is 8.41. The molecule has 0 fully saturated rings. The van der Waals surface area contributed by atoms with E-state index in [1.807, 2.05) is 6.07 Å². The molecular weight excluding hydrogens is 315 g/mol. The second-order valence-electron chi connectivity index (χ2n) is 3.33. The van der Waals surface area contributed by atoms with Gasteiger partial charge in [0.25, 0.3) is 0 Å². The third kappa shape index (κ3) is 2.98. The molecule has 0 saturated carbocycles. The molecule has 0 spiro atoms. The van der Waals surface area contributed by atoms with Crippen LogP contribution in [0.25, 0.3) is 0 Å². The molecule has 0 unspecified atom stereocenters. The van der Waals surface area contributed by atoms with E-state index in [4.69, 9.17) is 0 Å². The number of hydrogen-bond donors (Lipinski definition) is 0. The molecule has 2 rings (SSSR count). The van der Waals surface area contributed by atoms with Crippen LogP contribution in [0.4, 0.5) is 0 Å². The van der Waals surface area contributed by atoms with Gasteiger partial charge >= 0.3 is 0 Å². The molecule has 2 heteroatoms. The topological polar surface area (TPSA) is 0 Å². The summed E-state index contributed by atoms with van der Waals surface area (Å²) >= 11 is 4.19. The van der Waals surface area contributed by atoms with E-state index in [-0.39, 0.29) is 0 Å². The summed E-state index contributed by atoms with van der Waals surface area (Å²) in [7, 11) is 0. The van der Waals surface area contributed by atoms with E-state index in [0.29, 0.717) is 0 Å². The van der Waals surface area contributed by atoms with Crippen molar-refractivity contribution in [2.75, 3.05) is 0 Å². The summed E-state index contributed by atoms with van der Waals surface area (Å²) in [6.45, 7) is 2.14. The van der Waals surface area contributed by atoms with E-state index in [0.717, 1.165) is 0 Å². The van der Waals surface area contributed by atoms with Crippen LogP contribution in [0.3, 0.4) is 0 Å². The Morgan fingerprint density at radius 3 is 2.33 bits per heavy atom. The lowest BCUT2D eigenvalue weighted by atomic mass is 10.2. The van der Waals surface area contributed by atoms with Gasteiger partial charge in [0.1, 0.15) is 0 Å². The molecule has 0 saturated heterocycles. The molecule has 0 heterocycles. The molecule has 76 valence electrons. The molecule has 0 N–H and O–H groups in total. The van der Waals surface area contributed by atoms with Crippen LogP contribution in [-0.4, -0.2) is 0 Å². The molecule has 0 nitrogen and oxygen atoms in total. The lowest BCUT2D eigenvalue weighted by molar-refractivity contribution is 1.33. The van der Waals surface area contributed by atoms with Crippen molar-refractivity contribution >= 4 is 34.4 Å². The summed E-state index contributed by atoms with van der Waals surface area (Å²) in [4.78, 5) is 2.59. The number of rotatable bonds is 2. The van der Waals surface area contributed by atoms with Crippen LogP contribution in [0.15, 0.2) is 58.3 Å². The highest BCUT2D eigenvalue weighted by molar-refractivity contribution is 14.1. The van der Waals surface area contributed by atoms with Crippen molar-refractivity contribution in [2.45, 2.75) is 16.7 Å². The van der Waals surface area contributed by atoms with Gasteiger partial charge < -0.3 is 0 Å². The molecule has 15 heavy (non-hydrogen) atoms. The van der Waals surface area contributed by atoms with Crippen molar-refractivity contribution in [2.24, 2.45) is 0 Å². The predicted molar refractivity (Wildman–Crippen MR) is 74.5 cm³/mol. The summed E-state index contributed by atoms with van der Waals surface area (Å²) in [6.07, 6.45) is 0. The smallest absolute Gasteiger partial charge is 0.0170 e. The molecule has 0 bridgehead atoms. The van der Waals surface area contributed by atoms with E-state index in [9.17, 15) is 0 Å². The lowest BCUT2D eigenvalue weighted by Crippen LogP contribution is -1.80. The van der Waals surface area contributed by atoms with Crippen LogP contribution < -0.4 is 0 Å². The second kappa shape index (κ2) is 5.03. The zero-order valence-corrected chi connectivity index (χ0v) is 11.4. The maximum atomic E-state index is 2.38. The van der Waals surface area contributed by atoms with Crippen molar-refractivity contribution in [3.63, 3.8) is 0 Å². The molecule has 0 aromatic heterocycles. The first kappa shape index (κ1) is 11.0. The normalized spacial score (nSPS) is 10.3. The van der Waals surface area contributed by atoms with Crippen LogP contribution >= 0.6 is 34.4 Å². The van der Waals surface area contributed by atoms with Crippen LogP contribution in [0.1, 0.15) is 5.56 Å². The van der Waals surface area contributed by atoms with Crippen LogP contribution in [0, 0.1) is 10.5 Å². The van der Waals surface area contributed by atoms with Crippen molar-refractivity contribution in [3.8, 4) is 0 Å². The largest absolute Gasteiger partial charge is 0.0901 e. The maximum absolute atomic E-state index is 2.38. The van der Waals surface area contributed by atoms with Crippen molar-refractivity contribution in [1.29, 1.82) is 0 Å². The van der Waals surface area contributed by atoms with Gasteiger partial charge in [0.2, 0.25) is 0 Å². The number of halogens is 1. The average Bonchev–Trinajstić information content (AvgIpc) is 2.25. The summed E-state index contributed by atoms with van der Waals surface area (Å²) in [6, 6.07) is 17.0. The van der Waals surface area contributed by atoms with Crippen molar-refractivity contribution < 1.29 is 0 Å². The van der Waals surface area contributed by atoms with Gasteiger partial charge in [0.05, 0.1) is 0 Å². The van der Waals surface area contributed by atoms with Gasteiger partial charge in [-0.3, -0.25) is 0 Å². The minimum absolute atomic E-state index is 1.29. The summed E-state index contributed by atoms with van der Waals surface area (Å²) in [5.74, 6) is 0. The number of hydrogen-bond acceptors (Lipinski definition) is 1.